The van der Waals surface area contributed by atoms with Gasteiger partial charge in [0, 0.05) is 11.8 Å². The molecule has 0 aliphatic carbocycles. The molecule has 30 heavy (non-hydrogen) atoms. The molecule has 154 valence electrons. The molecule has 0 bridgehead atoms. The van der Waals surface area contributed by atoms with Crippen molar-refractivity contribution in [2.45, 2.75) is 26.1 Å². The number of hydrogen-bond acceptors (Lipinski definition) is 2. The Labute approximate surface area is 180 Å². The summed E-state index contributed by atoms with van der Waals surface area (Å²) in [5.41, 5.74) is 6.91. The topological polar surface area (TPSA) is 18.5 Å². The van der Waals surface area contributed by atoms with Crippen molar-refractivity contribution in [3.63, 3.8) is 0 Å². The molecule has 0 N–H and O–H groups in total. The number of benzene rings is 2. The lowest BCUT2D eigenvalue weighted by atomic mass is 9.94. The average molecular weight is 399 g/mol. The van der Waals surface area contributed by atoms with Gasteiger partial charge >= 0.3 is 0 Å². The van der Waals surface area contributed by atoms with Crippen LogP contribution in [0.3, 0.4) is 0 Å². The number of ether oxygens (including phenoxy) is 2. The highest BCUT2D eigenvalue weighted by molar-refractivity contribution is 5.64. The minimum Gasteiger partial charge on any atom is -0.374 e. The van der Waals surface area contributed by atoms with Crippen LogP contribution in [0.25, 0.3) is 23.3 Å². The molecule has 2 fully saturated rings. The molecule has 0 spiro atoms. The summed E-state index contributed by atoms with van der Waals surface area (Å²) >= 11 is 0. The Kier molecular flexibility index (Phi) is 6.17. The Morgan fingerprint density at radius 3 is 1.40 bits per heavy atom. The van der Waals surface area contributed by atoms with Crippen LogP contribution in [0.4, 0.5) is 0 Å². The Balaban J connectivity index is 1.37. The van der Waals surface area contributed by atoms with Gasteiger partial charge in [0.1, 0.15) is 0 Å². The standard InChI is InChI=1S/C28H30O2/c1-19(2)23-11-5-21(6-12-23)9-15-25-17-29-28-26(18-30-27(25)28)16-10-22-7-13-24(14-8-22)20(3)4/h5-16,25-28H,1,3,17-18H2,2,4H3/t25-,26-,27-,28-/m1/s1. The molecule has 2 heteroatoms. The van der Waals surface area contributed by atoms with Crippen LogP contribution in [0.2, 0.25) is 0 Å². The van der Waals surface area contributed by atoms with Gasteiger partial charge in [0.25, 0.3) is 0 Å². The van der Waals surface area contributed by atoms with Crippen molar-refractivity contribution in [3.05, 3.63) is 96.1 Å². The molecule has 2 aliphatic rings. The van der Waals surface area contributed by atoms with Crippen LogP contribution in [-0.2, 0) is 9.47 Å². The highest BCUT2D eigenvalue weighted by atomic mass is 16.6. The first-order chi connectivity index (χ1) is 14.5. The number of allylic oxidation sites excluding steroid dienone is 2. The van der Waals surface area contributed by atoms with E-state index in [4.69, 9.17) is 9.47 Å². The Bertz CT molecular complexity index is 881. The molecule has 0 radical (unpaired) electrons. The highest BCUT2D eigenvalue weighted by Crippen LogP contribution is 2.36. The molecule has 0 aromatic heterocycles. The molecule has 2 aromatic rings. The van der Waals surface area contributed by atoms with E-state index in [0.717, 1.165) is 11.1 Å². The maximum atomic E-state index is 6.13. The second-order valence-corrected chi connectivity index (χ2v) is 8.45. The van der Waals surface area contributed by atoms with E-state index >= 15 is 0 Å². The number of fused-ring (bicyclic) bond motifs is 1. The van der Waals surface area contributed by atoms with Crippen LogP contribution in [0.1, 0.15) is 36.1 Å². The third-order valence-electron chi connectivity index (χ3n) is 6.01. The molecule has 2 saturated heterocycles. The lowest BCUT2D eigenvalue weighted by Crippen LogP contribution is -2.24. The van der Waals surface area contributed by atoms with Gasteiger partial charge in [-0.3, -0.25) is 0 Å². The van der Waals surface area contributed by atoms with Gasteiger partial charge < -0.3 is 9.47 Å². The maximum Gasteiger partial charge on any atom is 0.0928 e. The van der Waals surface area contributed by atoms with Gasteiger partial charge in [-0.1, -0.05) is 97.1 Å². The van der Waals surface area contributed by atoms with Gasteiger partial charge in [-0.05, 0) is 36.1 Å². The van der Waals surface area contributed by atoms with Crippen LogP contribution in [-0.4, -0.2) is 25.4 Å². The van der Waals surface area contributed by atoms with Gasteiger partial charge in [0.2, 0.25) is 0 Å². The third-order valence-corrected chi connectivity index (χ3v) is 6.01. The fourth-order valence-electron chi connectivity index (χ4n) is 4.12. The normalized spacial score (nSPS) is 25.8. The molecule has 2 heterocycles. The molecule has 4 atom stereocenters. The molecular weight excluding hydrogens is 368 g/mol. The molecule has 4 rings (SSSR count). The zero-order chi connectivity index (χ0) is 21.1. The Hall–Kier alpha value is -2.68. The summed E-state index contributed by atoms with van der Waals surface area (Å²) in [6.45, 7) is 13.5. The van der Waals surface area contributed by atoms with Crippen molar-refractivity contribution >= 4 is 23.3 Å². The number of rotatable bonds is 6. The summed E-state index contributed by atoms with van der Waals surface area (Å²) < 4.78 is 12.3. The summed E-state index contributed by atoms with van der Waals surface area (Å²) in [6, 6.07) is 17.0. The van der Waals surface area contributed by atoms with Crippen molar-refractivity contribution in [2.75, 3.05) is 13.2 Å². The first-order valence-electron chi connectivity index (χ1n) is 10.6. The van der Waals surface area contributed by atoms with Crippen LogP contribution in [0.5, 0.6) is 0 Å². The predicted octanol–water partition coefficient (Wildman–Crippen LogP) is 6.51. The first-order valence-corrected chi connectivity index (χ1v) is 10.6. The molecular formula is C28H30O2. The van der Waals surface area contributed by atoms with Crippen molar-refractivity contribution in [3.8, 4) is 0 Å². The maximum absolute atomic E-state index is 6.13. The zero-order valence-corrected chi connectivity index (χ0v) is 17.9. The zero-order valence-electron chi connectivity index (χ0n) is 17.9. The van der Waals surface area contributed by atoms with Crippen molar-refractivity contribution in [1.29, 1.82) is 0 Å². The van der Waals surface area contributed by atoms with Gasteiger partial charge in [-0.15, -0.1) is 0 Å². The highest BCUT2D eigenvalue weighted by Gasteiger charge is 2.45. The summed E-state index contributed by atoms with van der Waals surface area (Å²) in [6.07, 6.45) is 9.10. The molecule has 2 aromatic carbocycles. The minimum atomic E-state index is 0.136. The first kappa shape index (κ1) is 20.6. The molecule has 2 nitrogen and oxygen atoms in total. The van der Waals surface area contributed by atoms with E-state index in [1.807, 2.05) is 13.8 Å². The van der Waals surface area contributed by atoms with Crippen molar-refractivity contribution < 1.29 is 9.47 Å². The summed E-state index contributed by atoms with van der Waals surface area (Å²) in [4.78, 5) is 0. The van der Waals surface area contributed by atoms with E-state index < -0.39 is 0 Å². The van der Waals surface area contributed by atoms with Crippen LogP contribution >= 0.6 is 0 Å². The van der Waals surface area contributed by atoms with E-state index in [1.165, 1.54) is 22.3 Å². The Morgan fingerprint density at radius 1 is 0.700 bits per heavy atom. The van der Waals surface area contributed by atoms with E-state index in [-0.39, 0.29) is 12.2 Å². The molecule has 0 amide bonds. The SMILES string of the molecule is C=C(C)c1ccc(C=C[C@@H]2CO[C@H]3[C@@H]2OC[C@H]3C=Cc2ccc(C(=C)C)cc2)cc1. The molecule has 0 unspecified atom stereocenters. The van der Waals surface area contributed by atoms with Crippen LogP contribution in [0.15, 0.2) is 73.8 Å². The molecule has 0 saturated carbocycles. The van der Waals surface area contributed by atoms with E-state index in [9.17, 15) is 0 Å². The fraction of sp³-hybridized carbons (Fsp3) is 0.286. The van der Waals surface area contributed by atoms with Crippen LogP contribution < -0.4 is 0 Å². The van der Waals surface area contributed by atoms with Gasteiger partial charge in [0.05, 0.1) is 25.4 Å². The minimum absolute atomic E-state index is 0.136. The molecule has 2 aliphatic heterocycles. The lowest BCUT2D eigenvalue weighted by Gasteiger charge is -2.13. The monoisotopic (exact) mass is 398 g/mol. The quantitative estimate of drug-likeness (QED) is 0.552. The van der Waals surface area contributed by atoms with E-state index in [0.29, 0.717) is 25.0 Å². The van der Waals surface area contributed by atoms with Gasteiger partial charge in [-0.2, -0.15) is 0 Å². The van der Waals surface area contributed by atoms with Crippen molar-refractivity contribution in [2.24, 2.45) is 11.8 Å². The largest absolute Gasteiger partial charge is 0.374 e. The smallest absolute Gasteiger partial charge is 0.0928 e. The second kappa shape index (κ2) is 8.99. The third kappa shape index (κ3) is 4.56. The van der Waals surface area contributed by atoms with Crippen molar-refractivity contribution in [1.82, 2.24) is 0 Å². The van der Waals surface area contributed by atoms with Gasteiger partial charge in [-0.25, -0.2) is 0 Å². The summed E-state index contributed by atoms with van der Waals surface area (Å²) in [5.74, 6) is 0.591. The predicted molar refractivity (Wildman–Crippen MR) is 127 cm³/mol. The lowest BCUT2D eigenvalue weighted by molar-refractivity contribution is 0.0658. The fourth-order valence-corrected chi connectivity index (χ4v) is 4.12. The van der Waals surface area contributed by atoms with E-state index in [1.54, 1.807) is 0 Å². The second-order valence-electron chi connectivity index (χ2n) is 8.45. The van der Waals surface area contributed by atoms with E-state index in [2.05, 4.69) is 86.0 Å². The van der Waals surface area contributed by atoms with Gasteiger partial charge in [0.15, 0.2) is 0 Å². The average Bonchev–Trinajstić information content (AvgIpc) is 3.34. The van der Waals surface area contributed by atoms with Crippen LogP contribution in [0, 0.1) is 11.8 Å². The number of hydrogen-bond donors (Lipinski definition) is 0. The Morgan fingerprint density at radius 2 is 1.07 bits per heavy atom. The summed E-state index contributed by atoms with van der Waals surface area (Å²) in [7, 11) is 0. The summed E-state index contributed by atoms with van der Waals surface area (Å²) in [5, 5.41) is 0.